The van der Waals surface area contributed by atoms with Crippen LogP contribution in [-0.2, 0) is 14.8 Å². The van der Waals surface area contributed by atoms with Gasteiger partial charge in [0.25, 0.3) is 10.0 Å². The minimum Gasteiger partial charge on any atom is -0.443 e. The summed E-state index contributed by atoms with van der Waals surface area (Å²) in [6, 6.07) is 3.00. The van der Waals surface area contributed by atoms with Crippen LogP contribution < -0.4 is 4.72 Å². The number of hydrogen-bond donors (Lipinski definition) is 1. The molecule has 0 saturated carbocycles. The molecule has 0 spiro atoms. The van der Waals surface area contributed by atoms with Gasteiger partial charge in [-0.3, -0.25) is 0 Å². The Kier molecular flexibility index (Phi) is 4.54. The van der Waals surface area contributed by atoms with Crippen LogP contribution in [0.2, 0.25) is 0 Å². The molecule has 100 valence electrons. The molecule has 1 rings (SSSR count). The van der Waals surface area contributed by atoms with Crippen molar-refractivity contribution in [2.45, 2.75) is 31.4 Å². The van der Waals surface area contributed by atoms with Gasteiger partial charge >= 0.3 is 6.09 Å². The molecule has 0 aromatic carbocycles. The van der Waals surface area contributed by atoms with Gasteiger partial charge in [-0.2, -0.15) is 8.42 Å². The van der Waals surface area contributed by atoms with Crippen molar-refractivity contribution in [2.24, 2.45) is 0 Å². The van der Waals surface area contributed by atoms with Crippen molar-refractivity contribution in [2.75, 3.05) is 0 Å². The summed E-state index contributed by atoms with van der Waals surface area (Å²) in [5.41, 5.74) is -0.766. The van der Waals surface area contributed by atoms with Crippen LogP contribution in [0.3, 0.4) is 0 Å². The molecule has 0 aliphatic heterocycles. The van der Waals surface area contributed by atoms with E-state index in [1.54, 1.807) is 31.6 Å². The van der Waals surface area contributed by atoms with E-state index in [0.717, 1.165) is 0 Å². The van der Waals surface area contributed by atoms with Crippen LogP contribution in [0.25, 0.3) is 0 Å². The van der Waals surface area contributed by atoms with E-state index in [1.807, 2.05) is 22.6 Å². The molecule has 8 heteroatoms. The molecule has 0 saturated heterocycles. The number of aromatic nitrogens is 1. The molecule has 0 unspecified atom stereocenters. The van der Waals surface area contributed by atoms with Crippen molar-refractivity contribution in [3.63, 3.8) is 0 Å². The van der Waals surface area contributed by atoms with E-state index in [9.17, 15) is 13.2 Å². The Morgan fingerprint density at radius 2 is 2.06 bits per heavy atom. The van der Waals surface area contributed by atoms with Gasteiger partial charge in [0.1, 0.15) is 5.60 Å². The number of nitrogens with zero attached hydrogens (tertiary/aromatic N) is 1. The third-order valence-corrected chi connectivity index (χ3v) is 3.47. The van der Waals surface area contributed by atoms with Crippen molar-refractivity contribution in [1.29, 1.82) is 0 Å². The van der Waals surface area contributed by atoms with Gasteiger partial charge in [-0.25, -0.2) is 14.5 Å². The number of rotatable bonds is 2. The average molecular weight is 384 g/mol. The van der Waals surface area contributed by atoms with Crippen LogP contribution in [0, 0.1) is 3.57 Å². The number of amides is 1. The molecule has 0 radical (unpaired) electrons. The van der Waals surface area contributed by atoms with E-state index in [0.29, 0.717) is 3.57 Å². The molecule has 1 N–H and O–H groups in total. The zero-order valence-corrected chi connectivity index (χ0v) is 13.1. The molecule has 1 amide bonds. The van der Waals surface area contributed by atoms with Crippen molar-refractivity contribution in [3.05, 3.63) is 21.9 Å². The van der Waals surface area contributed by atoms with E-state index >= 15 is 0 Å². The first-order valence-corrected chi connectivity index (χ1v) is 7.54. The van der Waals surface area contributed by atoms with E-state index in [2.05, 4.69) is 4.98 Å². The average Bonchev–Trinajstić information content (AvgIpc) is 2.13. The summed E-state index contributed by atoms with van der Waals surface area (Å²) in [6.45, 7) is 4.93. The predicted molar refractivity (Wildman–Crippen MR) is 73.5 cm³/mol. The Balaban J connectivity index is 2.87. The maximum Gasteiger partial charge on any atom is 0.421 e. The fraction of sp³-hybridized carbons (Fsp3) is 0.400. The summed E-state index contributed by atoms with van der Waals surface area (Å²) in [5.74, 6) is 0. The SMILES string of the molecule is CC(C)(C)OC(=O)NS(=O)(=O)c1cc(I)ccn1. The lowest BCUT2D eigenvalue weighted by Gasteiger charge is -2.19. The smallest absolute Gasteiger partial charge is 0.421 e. The molecular weight excluding hydrogens is 371 g/mol. The van der Waals surface area contributed by atoms with Gasteiger partial charge in [-0.15, -0.1) is 0 Å². The standard InChI is InChI=1S/C10H13IN2O4S/c1-10(2,3)17-9(14)13-18(15,16)8-6-7(11)4-5-12-8/h4-6H,1-3H3,(H,13,14). The maximum absolute atomic E-state index is 11.8. The summed E-state index contributed by atoms with van der Waals surface area (Å²) in [7, 11) is -3.99. The highest BCUT2D eigenvalue weighted by Gasteiger charge is 2.23. The Labute approximate surface area is 119 Å². The Hall–Kier alpha value is -0.900. The van der Waals surface area contributed by atoms with Crippen LogP contribution in [-0.4, -0.2) is 25.1 Å². The summed E-state index contributed by atoms with van der Waals surface area (Å²) >= 11 is 1.95. The topological polar surface area (TPSA) is 85.4 Å². The number of nitrogens with one attached hydrogen (secondary N) is 1. The van der Waals surface area contributed by atoms with Gasteiger partial charge in [-0.1, -0.05) is 0 Å². The first-order valence-electron chi connectivity index (χ1n) is 4.97. The van der Waals surface area contributed by atoms with Crippen LogP contribution in [0.5, 0.6) is 0 Å². The predicted octanol–water partition coefficient (Wildman–Crippen LogP) is 1.90. The summed E-state index contributed by atoms with van der Waals surface area (Å²) in [4.78, 5) is 15.1. The van der Waals surface area contributed by atoms with E-state index in [4.69, 9.17) is 4.74 Å². The quantitative estimate of drug-likeness (QED) is 0.788. The number of halogens is 1. The summed E-state index contributed by atoms with van der Waals surface area (Å²) in [6.07, 6.45) is 0.328. The maximum atomic E-state index is 11.8. The highest BCUT2D eigenvalue weighted by Crippen LogP contribution is 2.11. The van der Waals surface area contributed by atoms with Gasteiger partial charge in [0.2, 0.25) is 0 Å². The Morgan fingerprint density at radius 1 is 1.44 bits per heavy atom. The molecule has 0 aliphatic carbocycles. The lowest BCUT2D eigenvalue weighted by Crippen LogP contribution is -2.36. The zero-order valence-electron chi connectivity index (χ0n) is 10.1. The fourth-order valence-corrected chi connectivity index (χ4v) is 2.51. The molecule has 18 heavy (non-hydrogen) atoms. The van der Waals surface area contributed by atoms with Crippen molar-refractivity contribution in [3.8, 4) is 0 Å². The van der Waals surface area contributed by atoms with E-state index in [1.165, 1.54) is 12.3 Å². The Morgan fingerprint density at radius 3 is 2.56 bits per heavy atom. The minimum atomic E-state index is -3.99. The lowest BCUT2D eigenvalue weighted by atomic mass is 10.2. The molecule has 0 aliphatic rings. The molecule has 0 fully saturated rings. The van der Waals surface area contributed by atoms with Gasteiger partial charge in [0.05, 0.1) is 0 Å². The first-order chi connectivity index (χ1) is 8.10. The lowest BCUT2D eigenvalue weighted by molar-refractivity contribution is 0.0570. The second-order valence-corrected chi connectivity index (χ2v) is 7.29. The van der Waals surface area contributed by atoms with E-state index < -0.39 is 21.7 Å². The third-order valence-electron chi connectivity index (χ3n) is 1.59. The first kappa shape index (κ1) is 15.2. The number of pyridine rings is 1. The molecule has 0 atom stereocenters. The van der Waals surface area contributed by atoms with Gasteiger partial charge in [0.15, 0.2) is 5.03 Å². The second kappa shape index (κ2) is 5.39. The largest absolute Gasteiger partial charge is 0.443 e. The molecule has 6 nitrogen and oxygen atoms in total. The van der Waals surface area contributed by atoms with Gasteiger partial charge in [-0.05, 0) is 55.5 Å². The molecule has 1 aromatic heterocycles. The summed E-state index contributed by atoms with van der Waals surface area (Å²) < 4.78 is 31.0. The van der Waals surface area contributed by atoms with Crippen LogP contribution in [0.4, 0.5) is 4.79 Å². The van der Waals surface area contributed by atoms with Crippen LogP contribution in [0.1, 0.15) is 20.8 Å². The molecule has 1 heterocycles. The number of hydrogen-bond acceptors (Lipinski definition) is 5. The Bertz CT molecular complexity index is 551. The van der Waals surface area contributed by atoms with Crippen LogP contribution in [0.15, 0.2) is 23.4 Å². The molecule has 1 aromatic rings. The van der Waals surface area contributed by atoms with E-state index in [-0.39, 0.29) is 5.03 Å². The third kappa shape index (κ3) is 4.77. The monoisotopic (exact) mass is 384 g/mol. The van der Waals surface area contributed by atoms with Crippen molar-refractivity contribution in [1.82, 2.24) is 9.71 Å². The van der Waals surface area contributed by atoms with Crippen LogP contribution >= 0.6 is 22.6 Å². The molecule has 0 bridgehead atoms. The minimum absolute atomic E-state index is 0.222. The van der Waals surface area contributed by atoms with Crippen molar-refractivity contribution < 1.29 is 17.9 Å². The van der Waals surface area contributed by atoms with Crippen molar-refractivity contribution >= 4 is 38.7 Å². The number of sulfonamides is 1. The van der Waals surface area contributed by atoms with Gasteiger partial charge < -0.3 is 4.74 Å². The zero-order chi connectivity index (χ0) is 14.0. The highest BCUT2D eigenvalue weighted by molar-refractivity contribution is 14.1. The fourth-order valence-electron chi connectivity index (χ4n) is 0.993. The number of ether oxygens (including phenoxy) is 1. The number of carbonyl (C=O) groups is 1. The second-order valence-electron chi connectivity index (χ2n) is 4.42. The van der Waals surface area contributed by atoms with Gasteiger partial charge in [0, 0.05) is 9.77 Å². The highest BCUT2D eigenvalue weighted by atomic mass is 127. The summed E-state index contributed by atoms with van der Waals surface area (Å²) in [5, 5.41) is -0.222. The molecular formula is C10H13IN2O4S. The normalized spacial score (nSPS) is 12.0. The number of carbonyl (C=O) groups excluding carboxylic acids is 1.